The van der Waals surface area contributed by atoms with Crippen molar-refractivity contribution in [3.8, 4) is 0 Å². The number of hydrogen-bond acceptors (Lipinski definition) is 6. The zero-order chi connectivity index (χ0) is 44.1. The van der Waals surface area contributed by atoms with Gasteiger partial charge in [-0.2, -0.15) is 0 Å². The first-order chi connectivity index (χ1) is 28.9. The number of carboxylic acids is 2. The molecule has 59 heavy (non-hydrogen) atoms. The van der Waals surface area contributed by atoms with Crippen molar-refractivity contribution in [2.24, 2.45) is 0 Å². The van der Waals surface area contributed by atoms with E-state index in [4.69, 9.17) is 9.47 Å². The quantitative estimate of drug-likeness (QED) is 0.0445. The van der Waals surface area contributed by atoms with Crippen LogP contribution in [-0.2, 0) is 19.1 Å². The van der Waals surface area contributed by atoms with E-state index in [1.807, 2.05) is 0 Å². The van der Waals surface area contributed by atoms with Gasteiger partial charge in [0.1, 0.15) is 0 Å². The molecule has 0 N–H and O–H groups in total. The van der Waals surface area contributed by atoms with E-state index in [9.17, 15) is 19.8 Å². The van der Waals surface area contributed by atoms with Gasteiger partial charge in [-0.25, -0.2) is 0 Å². The molecule has 0 fully saturated rings. The second kappa shape index (κ2) is 57.7. The summed E-state index contributed by atoms with van der Waals surface area (Å²) >= 11 is 0.149. The number of unbranched alkanes of at least 4 members (excludes halogenated alkanes) is 30. The van der Waals surface area contributed by atoms with E-state index in [1.54, 1.807) is 8.87 Å². The standard InChI is InChI=1S/2C22H44O3.2C4H9.Sn/c2*1-3-5-7-8-9-10-11-12-13-14-15-16-17-18-19-21(22(23)24)25-20-6-4-2;2*1-3-4-2;/h2*21H,3-20H2,1-2H3,(H,23,24);2*1,3-4H2,2H3;/q;;;;+2/p-2. The molecule has 0 aromatic rings. The molecule has 2 atom stereocenters. The first-order valence-corrected chi connectivity index (χ1v) is 30.2. The molecule has 0 amide bonds. The van der Waals surface area contributed by atoms with Crippen molar-refractivity contribution in [3.63, 3.8) is 0 Å². The molecule has 0 spiro atoms. The van der Waals surface area contributed by atoms with E-state index >= 15 is 0 Å². The van der Waals surface area contributed by atoms with Gasteiger partial charge in [0.2, 0.25) is 0 Å². The van der Waals surface area contributed by atoms with Crippen LogP contribution in [0.15, 0.2) is 0 Å². The summed E-state index contributed by atoms with van der Waals surface area (Å²) in [5.41, 5.74) is 0. The molecule has 0 rings (SSSR count). The molecule has 0 aliphatic rings. The Kier molecular flexibility index (Phi) is 61.5. The van der Waals surface area contributed by atoms with Gasteiger partial charge in [0, 0.05) is 13.2 Å². The van der Waals surface area contributed by atoms with Gasteiger partial charge in [-0.1, -0.05) is 220 Å². The average Bonchev–Trinajstić information content (AvgIpc) is 3.23. The minimum atomic E-state index is -1.05. The van der Waals surface area contributed by atoms with Crippen LogP contribution in [0, 0.1) is 0 Å². The Bertz CT molecular complexity index is 718. The van der Waals surface area contributed by atoms with Crippen LogP contribution < -0.4 is 10.2 Å². The monoisotopic (exact) mass is 945 g/mol. The van der Waals surface area contributed by atoms with Crippen molar-refractivity contribution in [3.05, 3.63) is 0 Å². The van der Waals surface area contributed by atoms with Crippen LogP contribution in [0.5, 0.6) is 0 Å². The summed E-state index contributed by atoms with van der Waals surface area (Å²) < 4.78 is 14.0. The van der Waals surface area contributed by atoms with E-state index in [0.29, 0.717) is 26.1 Å². The predicted molar refractivity (Wildman–Crippen MR) is 254 cm³/mol. The molecule has 0 saturated heterocycles. The molecule has 0 saturated carbocycles. The van der Waals surface area contributed by atoms with E-state index in [0.717, 1.165) is 51.4 Å². The zero-order valence-electron chi connectivity index (χ0n) is 40.8. The Morgan fingerprint density at radius 1 is 0.339 bits per heavy atom. The topological polar surface area (TPSA) is 98.7 Å². The zero-order valence-corrected chi connectivity index (χ0v) is 43.7. The van der Waals surface area contributed by atoms with E-state index in [1.165, 1.54) is 180 Å². The van der Waals surface area contributed by atoms with Gasteiger partial charge < -0.3 is 29.3 Å². The van der Waals surface area contributed by atoms with Crippen molar-refractivity contribution in [2.45, 2.75) is 307 Å². The van der Waals surface area contributed by atoms with Crippen molar-refractivity contribution in [1.82, 2.24) is 0 Å². The number of hydrogen-bond donors (Lipinski definition) is 0. The fourth-order valence-corrected chi connectivity index (χ4v) is 11.2. The minimum absolute atomic E-state index is 0.149. The Labute approximate surface area is 380 Å². The number of carbonyl (C=O) groups excluding carboxylic acids is 2. The first kappa shape index (κ1) is 63.0. The SMILES string of the molecule is CCCCCCCCCCCCCCCCC(OCCCC)C(=O)[O-].CCCCCCCCCCCCCCCCC(OCCCC)C(=O)[O-].CCC[CH2][Sn+2][CH2]CCC. The number of carboxylic acid groups (broad SMARTS) is 2. The van der Waals surface area contributed by atoms with Gasteiger partial charge in [0.15, 0.2) is 0 Å². The van der Waals surface area contributed by atoms with Crippen molar-refractivity contribution in [1.29, 1.82) is 0 Å². The maximum absolute atomic E-state index is 11.0. The summed E-state index contributed by atoms with van der Waals surface area (Å²) in [7, 11) is 0. The van der Waals surface area contributed by atoms with Crippen LogP contribution >= 0.6 is 0 Å². The van der Waals surface area contributed by atoms with Gasteiger partial charge in [0.25, 0.3) is 0 Å². The van der Waals surface area contributed by atoms with Crippen LogP contribution in [0.1, 0.15) is 286 Å². The normalized spacial score (nSPS) is 11.9. The molecule has 0 aliphatic heterocycles. The molecular formula is C52H104O6Sn. The Morgan fingerprint density at radius 2 is 0.559 bits per heavy atom. The molecule has 0 heterocycles. The maximum atomic E-state index is 11.0. The summed E-state index contributed by atoms with van der Waals surface area (Å²) in [5, 5.41) is 22.0. The van der Waals surface area contributed by atoms with Crippen LogP contribution in [0.4, 0.5) is 0 Å². The third kappa shape index (κ3) is 57.7. The van der Waals surface area contributed by atoms with Crippen LogP contribution in [0.25, 0.3) is 0 Å². The fourth-order valence-electron chi connectivity index (χ4n) is 7.06. The second-order valence-electron chi connectivity index (χ2n) is 17.3. The molecule has 0 aromatic carbocycles. The van der Waals surface area contributed by atoms with Crippen LogP contribution in [0.2, 0.25) is 8.87 Å². The molecule has 0 aromatic heterocycles. The molecular weight excluding hydrogens is 839 g/mol. The summed E-state index contributed by atoms with van der Waals surface area (Å²) in [5.74, 6) is -2.10. The third-order valence-corrected chi connectivity index (χ3v) is 15.2. The van der Waals surface area contributed by atoms with E-state index in [-0.39, 0.29) is 21.1 Å². The number of aliphatic carboxylic acids is 2. The molecule has 0 radical (unpaired) electrons. The molecule has 0 bridgehead atoms. The van der Waals surface area contributed by atoms with Gasteiger partial charge >= 0.3 is 69.5 Å². The van der Waals surface area contributed by atoms with Gasteiger partial charge in [-0.05, 0) is 25.7 Å². The predicted octanol–water partition coefficient (Wildman–Crippen LogP) is 14.7. The molecule has 2 unspecified atom stereocenters. The Balaban J connectivity index is -0.000000880. The van der Waals surface area contributed by atoms with Gasteiger partial charge in [-0.3, -0.25) is 0 Å². The molecule has 352 valence electrons. The second-order valence-corrected chi connectivity index (χ2v) is 21.6. The van der Waals surface area contributed by atoms with Gasteiger partial charge in [-0.15, -0.1) is 0 Å². The van der Waals surface area contributed by atoms with Crippen LogP contribution in [-0.4, -0.2) is 58.5 Å². The molecule has 7 heteroatoms. The van der Waals surface area contributed by atoms with Crippen molar-refractivity contribution in [2.75, 3.05) is 13.2 Å². The molecule has 0 aliphatic carbocycles. The number of ether oxygens (including phenoxy) is 2. The Morgan fingerprint density at radius 3 is 0.780 bits per heavy atom. The third-order valence-electron chi connectivity index (χ3n) is 11.2. The summed E-state index contributed by atoms with van der Waals surface area (Å²) in [6.45, 7) is 14.3. The van der Waals surface area contributed by atoms with Crippen LogP contribution in [0.3, 0.4) is 0 Å². The van der Waals surface area contributed by atoms with Gasteiger partial charge in [0.05, 0.1) is 24.1 Å². The van der Waals surface area contributed by atoms with Crippen molar-refractivity contribution < 1.29 is 29.3 Å². The van der Waals surface area contributed by atoms with E-state index in [2.05, 4.69) is 41.5 Å². The number of rotatable bonds is 46. The summed E-state index contributed by atoms with van der Waals surface area (Å²) in [6, 6.07) is 0. The average molecular weight is 944 g/mol. The van der Waals surface area contributed by atoms with E-state index < -0.39 is 24.1 Å². The number of carbonyl (C=O) groups is 2. The molecule has 6 nitrogen and oxygen atoms in total. The first-order valence-electron chi connectivity index (χ1n) is 26.2. The Hall–Kier alpha value is -0.341. The fraction of sp³-hybridized carbons (Fsp3) is 0.962. The van der Waals surface area contributed by atoms with Crippen molar-refractivity contribution >= 4 is 33.1 Å². The summed E-state index contributed by atoms with van der Waals surface area (Å²) in [6.07, 6.45) is 46.3. The summed E-state index contributed by atoms with van der Waals surface area (Å²) in [4.78, 5) is 22.0.